The van der Waals surface area contributed by atoms with Crippen LogP contribution in [0.25, 0.3) is 0 Å². The minimum atomic E-state index is -0.346. The Kier molecular flexibility index (Phi) is 7.65. The maximum Gasteiger partial charge on any atom is 0.308 e. The molecule has 0 spiro atoms. The Labute approximate surface area is 182 Å². The molecule has 3 rings (SSSR count). The lowest BCUT2D eigenvalue weighted by molar-refractivity contribution is -0.146. The highest BCUT2D eigenvalue weighted by molar-refractivity contribution is 5.98. The summed E-state index contributed by atoms with van der Waals surface area (Å²) < 4.78 is 4.78. The van der Waals surface area contributed by atoms with Gasteiger partial charge in [-0.25, -0.2) is 0 Å². The summed E-state index contributed by atoms with van der Waals surface area (Å²) in [5.74, 6) is -0.936. The smallest absolute Gasteiger partial charge is 0.308 e. The fourth-order valence-electron chi connectivity index (χ4n) is 4.12. The van der Waals surface area contributed by atoms with E-state index < -0.39 is 0 Å². The zero-order valence-corrected chi connectivity index (χ0v) is 18.3. The second kappa shape index (κ2) is 10.4. The molecule has 8 nitrogen and oxygen atoms in total. The number of nitrogens with zero attached hydrogens (tertiary/aromatic N) is 2. The van der Waals surface area contributed by atoms with Crippen molar-refractivity contribution >= 4 is 29.4 Å². The lowest BCUT2D eigenvalue weighted by atomic mass is 9.96. The molecule has 168 valence electrons. The normalized spacial score (nSPS) is 19.4. The van der Waals surface area contributed by atoms with Crippen LogP contribution < -0.4 is 5.32 Å². The molecule has 0 bridgehead atoms. The fraction of sp³-hybridized carbons (Fsp3) is 0.565. The zero-order valence-electron chi connectivity index (χ0n) is 18.3. The van der Waals surface area contributed by atoms with E-state index in [4.69, 9.17) is 4.74 Å². The van der Waals surface area contributed by atoms with Gasteiger partial charge < -0.3 is 19.9 Å². The SMILES string of the molecule is CCCCN1CC(C(=O)Nc2ccc(C(=O)N3CCC(C(=O)OC)CC3)cc2)CC1=O. The number of ether oxygens (including phenoxy) is 1. The summed E-state index contributed by atoms with van der Waals surface area (Å²) in [4.78, 5) is 52.5. The monoisotopic (exact) mass is 429 g/mol. The van der Waals surface area contributed by atoms with Crippen LogP contribution >= 0.6 is 0 Å². The van der Waals surface area contributed by atoms with Crippen molar-refractivity contribution in [3.05, 3.63) is 29.8 Å². The molecule has 2 aliphatic rings. The molecule has 1 unspecified atom stereocenters. The molecule has 2 aliphatic heterocycles. The summed E-state index contributed by atoms with van der Waals surface area (Å²) in [5, 5.41) is 2.86. The number of piperidine rings is 1. The number of anilines is 1. The molecule has 1 aromatic rings. The van der Waals surface area contributed by atoms with Crippen LogP contribution in [0.5, 0.6) is 0 Å². The van der Waals surface area contributed by atoms with Gasteiger partial charge in [-0.3, -0.25) is 19.2 Å². The van der Waals surface area contributed by atoms with Gasteiger partial charge in [-0.05, 0) is 43.5 Å². The van der Waals surface area contributed by atoms with Gasteiger partial charge in [0.25, 0.3) is 5.91 Å². The molecule has 1 atom stereocenters. The number of benzene rings is 1. The Morgan fingerprint density at radius 3 is 2.39 bits per heavy atom. The molecule has 1 N–H and O–H groups in total. The van der Waals surface area contributed by atoms with Crippen molar-refractivity contribution in [2.45, 2.75) is 39.0 Å². The van der Waals surface area contributed by atoms with Crippen molar-refractivity contribution in [3.8, 4) is 0 Å². The van der Waals surface area contributed by atoms with Gasteiger partial charge in [-0.15, -0.1) is 0 Å². The highest BCUT2D eigenvalue weighted by atomic mass is 16.5. The molecule has 0 aromatic heterocycles. The van der Waals surface area contributed by atoms with E-state index in [1.54, 1.807) is 34.1 Å². The third-order valence-electron chi connectivity index (χ3n) is 6.08. The summed E-state index contributed by atoms with van der Waals surface area (Å²) in [6.45, 7) is 4.27. The predicted molar refractivity (Wildman–Crippen MR) is 115 cm³/mol. The van der Waals surface area contributed by atoms with E-state index in [0.29, 0.717) is 50.3 Å². The number of hydrogen-bond donors (Lipinski definition) is 1. The number of amides is 3. The van der Waals surface area contributed by atoms with Crippen molar-refractivity contribution in [1.82, 2.24) is 9.80 Å². The van der Waals surface area contributed by atoms with E-state index in [2.05, 4.69) is 12.2 Å². The third kappa shape index (κ3) is 5.62. The number of rotatable bonds is 7. The van der Waals surface area contributed by atoms with Crippen LogP contribution in [0, 0.1) is 11.8 Å². The minimum Gasteiger partial charge on any atom is -0.469 e. The first kappa shape index (κ1) is 22.8. The van der Waals surface area contributed by atoms with Crippen LogP contribution in [0.4, 0.5) is 5.69 Å². The quantitative estimate of drug-likeness (QED) is 0.671. The molecule has 2 saturated heterocycles. The van der Waals surface area contributed by atoms with Crippen molar-refractivity contribution in [2.24, 2.45) is 11.8 Å². The number of likely N-dealkylation sites (tertiary alicyclic amines) is 2. The lowest BCUT2D eigenvalue weighted by Gasteiger charge is -2.30. The van der Waals surface area contributed by atoms with Gasteiger partial charge in [0.15, 0.2) is 0 Å². The Morgan fingerprint density at radius 1 is 1.10 bits per heavy atom. The Balaban J connectivity index is 1.51. The molecule has 1 aromatic carbocycles. The molecule has 31 heavy (non-hydrogen) atoms. The number of carbonyl (C=O) groups is 4. The van der Waals surface area contributed by atoms with Gasteiger partial charge in [-0.2, -0.15) is 0 Å². The maximum atomic E-state index is 12.7. The van der Waals surface area contributed by atoms with Gasteiger partial charge in [0.1, 0.15) is 0 Å². The van der Waals surface area contributed by atoms with Crippen molar-refractivity contribution in [2.75, 3.05) is 38.6 Å². The average Bonchev–Trinajstić information content (AvgIpc) is 3.17. The van der Waals surface area contributed by atoms with E-state index in [1.165, 1.54) is 7.11 Å². The standard InChI is InChI=1S/C23H31N3O5/c1-3-4-11-26-15-18(14-20(26)27)21(28)24-19-7-5-16(6-8-19)22(29)25-12-9-17(10-13-25)23(30)31-2/h5-8,17-18H,3-4,9-15H2,1-2H3,(H,24,28). The van der Waals surface area contributed by atoms with E-state index in [0.717, 1.165) is 12.8 Å². The summed E-state index contributed by atoms with van der Waals surface area (Å²) in [6.07, 6.45) is 3.39. The largest absolute Gasteiger partial charge is 0.469 e. The zero-order chi connectivity index (χ0) is 22.4. The minimum absolute atomic E-state index is 0.0329. The second-order valence-corrected chi connectivity index (χ2v) is 8.25. The first-order valence-electron chi connectivity index (χ1n) is 11.0. The number of hydrogen-bond acceptors (Lipinski definition) is 5. The molecular formula is C23H31N3O5. The van der Waals surface area contributed by atoms with Crippen molar-refractivity contribution < 1.29 is 23.9 Å². The van der Waals surface area contributed by atoms with E-state index >= 15 is 0 Å². The lowest BCUT2D eigenvalue weighted by Crippen LogP contribution is -2.40. The summed E-state index contributed by atoms with van der Waals surface area (Å²) in [6, 6.07) is 6.80. The van der Waals surface area contributed by atoms with Crippen LogP contribution in [0.3, 0.4) is 0 Å². The first-order chi connectivity index (χ1) is 14.9. The van der Waals surface area contributed by atoms with E-state index in [-0.39, 0.29) is 41.9 Å². The topological polar surface area (TPSA) is 96.0 Å². The van der Waals surface area contributed by atoms with Crippen LogP contribution in [0.1, 0.15) is 49.4 Å². The first-order valence-corrected chi connectivity index (χ1v) is 11.0. The van der Waals surface area contributed by atoms with Crippen molar-refractivity contribution in [3.63, 3.8) is 0 Å². The summed E-state index contributed by atoms with van der Waals surface area (Å²) >= 11 is 0. The summed E-state index contributed by atoms with van der Waals surface area (Å²) in [7, 11) is 1.38. The van der Waals surface area contributed by atoms with Crippen LogP contribution in [0.15, 0.2) is 24.3 Å². The molecule has 0 saturated carbocycles. The van der Waals surface area contributed by atoms with Crippen LogP contribution in [-0.2, 0) is 19.1 Å². The van der Waals surface area contributed by atoms with Gasteiger partial charge in [0, 0.05) is 43.9 Å². The Hall–Kier alpha value is -2.90. The average molecular weight is 430 g/mol. The van der Waals surface area contributed by atoms with Gasteiger partial charge in [-0.1, -0.05) is 13.3 Å². The van der Waals surface area contributed by atoms with Gasteiger partial charge in [0.2, 0.25) is 11.8 Å². The van der Waals surface area contributed by atoms with Gasteiger partial charge >= 0.3 is 5.97 Å². The second-order valence-electron chi connectivity index (χ2n) is 8.25. The predicted octanol–water partition coefficient (Wildman–Crippen LogP) is 2.30. The molecular weight excluding hydrogens is 398 g/mol. The highest BCUT2D eigenvalue weighted by Gasteiger charge is 2.34. The summed E-state index contributed by atoms with van der Waals surface area (Å²) in [5.41, 5.74) is 1.14. The molecule has 0 aliphatic carbocycles. The molecule has 3 amide bonds. The molecule has 8 heteroatoms. The van der Waals surface area contributed by atoms with E-state index in [9.17, 15) is 19.2 Å². The van der Waals surface area contributed by atoms with Crippen LogP contribution in [0.2, 0.25) is 0 Å². The highest BCUT2D eigenvalue weighted by Crippen LogP contribution is 2.22. The Bertz CT molecular complexity index is 815. The van der Waals surface area contributed by atoms with Gasteiger partial charge in [0.05, 0.1) is 18.9 Å². The molecule has 2 fully saturated rings. The van der Waals surface area contributed by atoms with Crippen LogP contribution in [-0.4, -0.2) is 66.8 Å². The third-order valence-corrected chi connectivity index (χ3v) is 6.08. The Morgan fingerprint density at radius 2 is 1.77 bits per heavy atom. The number of carbonyl (C=O) groups excluding carboxylic acids is 4. The maximum absolute atomic E-state index is 12.7. The fourth-order valence-corrected chi connectivity index (χ4v) is 4.12. The van der Waals surface area contributed by atoms with E-state index in [1.807, 2.05) is 0 Å². The van der Waals surface area contributed by atoms with Crippen molar-refractivity contribution in [1.29, 1.82) is 0 Å². The molecule has 0 radical (unpaired) electrons. The number of methoxy groups -OCH3 is 1. The molecule has 2 heterocycles. The number of nitrogens with one attached hydrogen (secondary N) is 1. The number of esters is 1. The number of unbranched alkanes of at least 4 members (excludes halogenated alkanes) is 1.